The Morgan fingerprint density at radius 2 is 1.52 bits per heavy atom. The van der Waals surface area contributed by atoms with E-state index < -0.39 is 0 Å². The Morgan fingerprint density at radius 3 is 2.15 bits per heavy atom. The number of ketones is 1. The lowest BCUT2D eigenvalue weighted by molar-refractivity contribution is 0.104. The average Bonchev–Trinajstić information content (AvgIpc) is 3.14. The van der Waals surface area contributed by atoms with Crippen LogP contribution in [0.2, 0.25) is 0 Å². The van der Waals surface area contributed by atoms with Crippen LogP contribution in [0.3, 0.4) is 0 Å². The maximum absolute atomic E-state index is 13.4. The van der Waals surface area contributed by atoms with Gasteiger partial charge in [0.1, 0.15) is 5.75 Å². The molecule has 4 heteroatoms. The molecule has 3 aromatic rings. The fourth-order valence-electron chi connectivity index (χ4n) is 4.46. The smallest absolute Gasteiger partial charge is 0.194 e. The van der Waals surface area contributed by atoms with Gasteiger partial charge in [0.05, 0.1) is 6.61 Å². The Morgan fingerprint density at radius 1 is 0.909 bits per heavy atom. The first-order chi connectivity index (χ1) is 16.0. The molecule has 0 atom stereocenters. The molecule has 1 heterocycles. The first-order valence-electron chi connectivity index (χ1n) is 12.5. The first kappa shape index (κ1) is 25.5. The van der Waals surface area contributed by atoms with E-state index in [9.17, 15) is 4.79 Å². The molecule has 1 aromatic heterocycles. The zero-order chi connectivity index (χ0) is 23.8. The van der Waals surface area contributed by atoms with Gasteiger partial charge >= 0.3 is 0 Å². The fraction of sp³-hybridized carbons (Fsp3) is 0.483. The highest BCUT2D eigenvalue weighted by Crippen LogP contribution is 2.33. The van der Waals surface area contributed by atoms with Gasteiger partial charge in [-0.2, -0.15) is 0 Å². The Kier molecular flexibility index (Phi) is 9.52. The minimum absolute atomic E-state index is 0.102. The molecule has 0 radical (unpaired) electrons. The number of rotatable bonds is 13. The Bertz CT molecular complexity index is 1040. The number of hydrogen-bond donors (Lipinski definition) is 0. The molecular formula is C29H39NO2S. The van der Waals surface area contributed by atoms with Crippen molar-refractivity contribution in [3.05, 3.63) is 63.5 Å². The Hall–Kier alpha value is -2.17. The number of benzene rings is 2. The second-order valence-electron chi connectivity index (χ2n) is 9.05. The van der Waals surface area contributed by atoms with E-state index in [1.807, 2.05) is 51.1 Å². The molecule has 178 valence electrons. The fourth-order valence-corrected chi connectivity index (χ4v) is 5.53. The van der Waals surface area contributed by atoms with E-state index >= 15 is 0 Å². The average molecular weight is 466 g/mol. The van der Waals surface area contributed by atoms with Gasteiger partial charge in [0, 0.05) is 32.6 Å². The lowest BCUT2D eigenvalue weighted by atomic mass is 9.97. The highest BCUT2D eigenvalue weighted by molar-refractivity contribution is 7.19. The number of fused-ring (bicyclic) bond motifs is 1. The van der Waals surface area contributed by atoms with Crippen molar-refractivity contribution in [2.45, 2.75) is 66.7 Å². The lowest BCUT2D eigenvalue weighted by Gasteiger charge is -2.22. The standard InChI is InChI=1S/C29H39NO2S/c1-6-8-15-30(16-9-7-2)17-12-18-32-29-21(3)19-24(20-22(29)4)28(31)27-23(5)33-26-14-11-10-13-25(26)27/h10-11,13-14,19-20H,6-9,12,15-18H2,1-5H3. The summed E-state index contributed by atoms with van der Waals surface area (Å²) in [5.74, 6) is 1.03. The molecule has 0 bridgehead atoms. The summed E-state index contributed by atoms with van der Waals surface area (Å²) in [6.45, 7) is 14.8. The van der Waals surface area contributed by atoms with Gasteiger partial charge in [-0.15, -0.1) is 11.3 Å². The van der Waals surface area contributed by atoms with E-state index in [-0.39, 0.29) is 5.78 Å². The van der Waals surface area contributed by atoms with Crippen LogP contribution in [0, 0.1) is 20.8 Å². The monoisotopic (exact) mass is 465 g/mol. The number of thiophene rings is 1. The summed E-state index contributed by atoms with van der Waals surface area (Å²) in [6, 6.07) is 12.2. The third-order valence-corrected chi connectivity index (χ3v) is 7.33. The summed E-state index contributed by atoms with van der Waals surface area (Å²) < 4.78 is 7.38. The minimum Gasteiger partial charge on any atom is -0.493 e. The zero-order valence-electron chi connectivity index (χ0n) is 21.0. The molecule has 0 saturated carbocycles. The van der Waals surface area contributed by atoms with Gasteiger partial charge in [-0.05, 0) is 82.4 Å². The van der Waals surface area contributed by atoms with Crippen molar-refractivity contribution < 1.29 is 9.53 Å². The zero-order valence-corrected chi connectivity index (χ0v) is 21.8. The number of unbranched alkanes of at least 4 members (excludes halogenated alkanes) is 2. The molecule has 0 amide bonds. The first-order valence-corrected chi connectivity index (χ1v) is 13.3. The van der Waals surface area contributed by atoms with E-state index in [4.69, 9.17) is 4.74 Å². The molecule has 0 aliphatic rings. The van der Waals surface area contributed by atoms with Crippen molar-refractivity contribution in [2.75, 3.05) is 26.2 Å². The van der Waals surface area contributed by atoms with Crippen LogP contribution in [0.25, 0.3) is 10.1 Å². The summed E-state index contributed by atoms with van der Waals surface area (Å²) in [6.07, 6.45) is 6.02. The van der Waals surface area contributed by atoms with Crippen molar-refractivity contribution in [3.63, 3.8) is 0 Å². The normalized spacial score (nSPS) is 11.5. The molecule has 0 spiro atoms. The SMILES string of the molecule is CCCCN(CCCC)CCCOc1c(C)cc(C(=O)c2c(C)sc3ccccc23)cc1C. The van der Waals surface area contributed by atoms with Crippen molar-refractivity contribution >= 4 is 27.2 Å². The molecule has 0 aliphatic heterocycles. The highest BCUT2D eigenvalue weighted by Gasteiger charge is 2.19. The van der Waals surface area contributed by atoms with Crippen LogP contribution in [0.5, 0.6) is 5.75 Å². The lowest BCUT2D eigenvalue weighted by Crippen LogP contribution is -2.28. The van der Waals surface area contributed by atoms with E-state index in [2.05, 4.69) is 24.8 Å². The number of ether oxygens (including phenoxy) is 1. The van der Waals surface area contributed by atoms with Crippen LogP contribution >= 0.6 is 11.3 Å². The van der Waals surface area contributed by atoms with Gasteiger partial charge in [0.25, 0.3) is 0 Å². The van der Waals surface area contributed by atoms with Crippen LogP contribution in [-0.2, 0) is 0 Å². The Balaban J connectivity index is 1.66. The van der Waals surface area contributed by atoms with Gasteiger partial charge in [-0.25, -0.2) is 0 Å². The quantitative estimate of drug-likeness (QED) is 0.191. The van der Waals surface area contributed by atoms with Crippen LogP contribution in [0.1, 0.15) is 77.9 Å². The van der Waals surface area contributed by atoms with Gasteiger partial charge in [-0.1, -0.05) is 44.9 Å². The second kappa shape index (κ2) is 12.3. The second-order valence-corrected chi connectivity index (χ2v) is 10.3. The predicted molar refractivity (Wildman–Crippen MR) is 142 cm³/mol. The number of carbonyl (C=O) groups is 1. The van der Waals surface area contributed by atoms with E-state index in [1.54, 1.807) is 11.3 Å². The molecule has 2 aromatic carbocycles. The van der Waals surface area contributed by atoms with Crippen LogP contribution < -0.4 is 4.74 Å². The van der Waals surface area contributed by atoms with Crippen LogP contribution in [-0.4, -0.2) is 36.9 Å². The van der Waals surface area contributed by atoms with E-state index in [0.29, 0.717) is 6.61 Å². The molecule has 0 fully saturated rings. The predicted octanol–water partition coefficient (Wildman–Crippen LogP) is 7.73. The largest absolute Gasteiger partial charge is 0.493 e. The van der Waals surface area contributed by atoms with Crippen LogP contribution in [0.4, 0.5) is 0 Å². The van der Waals surface area contributed by atoms with Crippen molar-refractivity contribution in [1.29, 1.82) is 0 Å². The molecule has 0 N–H and O–H groups in total. The van der Waals surface area contributed by atoms with Gasteiger partial charge in [0.15, 0.2) is 5.78 Å². The van der Waals surface area contributed by atoms with Gasteiger partial charge < -0.3 is 9.64 Å². The highest BCUT2D eigenvalue weighted by atomic mass is 32.1. The van der Waals surface area contributed by atoms with E-state index in [1.165, 1.54) is 43.5 Å². The maximum Gasteiger partial charge on any atom is 0.194 e. The van der Waals surface area contributed by atoms with Crippen molar-refractivity contribution in [3.8, 4) is 5.75 Å². The number of carbonyl (C=O) groups excluding carboxylic acids is 1. The topological polar surface area (TPSA) is 29.5 Å². The summed E-state index contributed by atoms with van der Waals surface area (Å²) in [4.78, 5) is 17.1. The number of aryl methyl sites for hydroxylation is 3. The molecule has 3 rings (SSSR count). The van der Waals surface area contributed by atoms with E-state index in [0.717, 1.165) is 51.2 Å². The van der Waals surface area contributed by atoms with Crippen molar-refractivity contribution in [1.82, 2.24) is 4.90 Å². The van der Waals surface area contributed by atoms with Gasteiger partial charge in [-0.3, -0.25) is 4.79 Å². The Labute approximate surface area is 203 Å². The number of hydrogen-bond acceptors (Lipinski definition) is 4. The summed E-state index contributed by atoms with van der Waals surface area (Å²) >= 11 is 1.69. The third kappa shape index (κ3) is 6.45. The van der Waals surface area contributed by atoms with Crippen molar-refractivity contribution in [2.24, 2.45) is 0 Å². The minimum atomic E-state index is 0.102. The summed E-state index contributed by atoms with van der Waals surface area (Å²) in [5, 5.41) is 1.05. The third-order valence-electron chi connectivity index (χ3n) is 6.24. The maximum atomic E-state index is 13.4. The molecule has 3 nitrogen and oxygen atoms in total. The molecule has 0 saturated heterocycles. The molecule has 0 unspecified atom stereocenters. The van der Waals surface area contributed by atoms with Crippen LogP contribution in [0.15, 0.2) is 36.4 Å². The molecule has 33 heavy (non-hydrogen) atoms. The molecule has 0 aliphatic carbocycles. The summed E-state index contributed by atoms with van der Waals surface area (Å²) in [5.41, 5.74) is 3.64. The van der Waals surface area contributed by atoms with Gasteiger partial charge in [0.2, 0.25) is 0 Å². The molecular weight excluding hydrogens is 426 g/mol. The summed E-state index contributed by atoms with van der Waals surface area (Å²) in [7, 11) is 0. The number of nitrogens with zero attached hydrogens (tertiary/aromatic N) is 1.